The minimum atomic E-state index is -0.841. The molecule has 7 fully saturated rings. The third kappa shape index (κ3) is 16.3. The lowest BCUT2D eigenvalue weighted by Crippen LogP contribution is -2.41. The summed E-state index contributed by atoms with van der Waals surface area (Å²) in [6.07, 6.45) is 58.9. The van der Waals surface area contributed by atoms with Gasteiger partial charge in [-0.25, -0.2) is 22.8 Å². The van der Waals surface area contributed by atoms with E-state index in [0.29, 0.717) is 41.4 Å². The van der Waals surface area contributed by atoms with E-state index in [1.807, 2.05) is 31.2 Å². The molecular weight excluding hydrogens is 1700 g/mol. The number of para-hydroxylation sites is 5. The summed E-state index contributed by atoms with van der Waals surface area (Å²) in [5.41, 5.74) is 30.7. The van der Waals surface area contributed by atoms with Gasteiger partial charge in [-0.05, 0) is 247 Å². The zero-order valence-corrected chi connectivity index (χ0v) is 85.2. The smallest absolute Gasteiger partial charge is 0.203 e. The van der Waals surface area contributed by atoms with Crippen LogP contribution in [0.1, 0.15) is 374 Å². The predicted octanol–water partition coefficient (Wildman–Crippen LogP) is 29.9. The monoisotopic (exact) mass is 1850 g/mol. The van der Waals surface area contributed by atoms with Crippen LogP contribution in [0.3, 0.4) is 0 Å². The van der Waals surface area contributed by atoms with Crippen molar-refractivity contribution in [1.82, 2.24) is 22.8 Å². The number of hydrogen-bond acceptors (Lipinski definition) is 0. The zero-order chi connectivity index (χ0) is 98.2. The van der Waals surface area contributed by atoms with Gasteiger partial charge in [-0.15, -0.1) is 0 Å². The zero-order valence-electron chi connectivity index (χ0n) is 88.2. The van der Waals surface area contributed by atoms with E-state index < -0.39 is 17.7 Å². The van der Waals surface area contributed by atoms with E-state index >= 15 is 0 Å². The second-order valence-electron chi connectivity index (χ2n) is 43.1. The quantitative estimate of drug-likeness (QED) is 0.0866. The number of imidazole rings is 5. The standard InChI is InChI=1S/C31H31N2.C30H35N2.C25H27N2.C24H31N2.C20H25N2/c1-23-13-9-12-20-28(23)33-24(2)29-31(26-16-5-3-6-17-26,27-18-7-4-8-19-27)21-22-32(29)30(33)25-14-10-11-15-25;1-22-12-6-11-19-27(22)32-23(2)28-30(26-17-9-10-18-26,25-15-4-3-5-16-25)20-21-31(28)29(32)24-13-7-8-14-24;1-18-10-6-9-15-23(18)27-19(2)24-22(20-11-4-3-5-12-20)16-17-26(24)25(27)21-13-7-8-14-21;1-17-9-3-8-14-22(17)26-18(2)23-21(19-10-4-5-11-19)15-16-25(23)24(26)20-12-6-7-13-20;1-14-8-4-7-11-18(14)22-16(3)19-15(2)12-13-21(19)20(22)17-9-5-6-10-17/h3-9,12-13,16-22,25H,10-11,14-15H2,1-2H3;3-6,11-12,15-16,19-21,24,26H,7-10,13-14,17-18H2,1-2H3;3-6,9-12,15-17,21-22H,7-8,13-14H2,1-2H3;3,8-9,14-16,19-21H,4-7,10-13H2,1-2H3;4,7-8,11-13,15,17H,5-6,9-10H2,1-3H3/q5*+1/i;;22D;21D;15D. The molecule has 14 aromatic rings. The van der Waals surface area contributed by atoms with Gasteiger partial charge in [0, 0.05) is 50.5 Å². The van der Waals surface area contributed by atoms with Gasteiger partial charge in [0.1, 0.15) is 50.9 Å². The van der Waals surface area contributed by atoms with E-state index in [1.54, 1.807) is 0 Å². The third-order valence-electron chi connectivity index (χ3n) is 34.8. The molecule has 5 aliphatic heterocycles. The first kappa shape index (κ1) is 89.1. The summed E-state index contributed by atoms with van der Waals surface area (Å²) >= 11 is 0. The van der Waals surface area contributed by atoms with Crippen LogP contribution >= 0.6 is 0 Å². The maximum atomic E-state index is 9.48. The highest BCUT2D eigenvalue weighted by Crippen LogP contribution is 2.54. The van der Waals surface area contributed by atoms with Gasteiger partial charge in [-0.3, -0.25) is 0 Å². The Bertz CT molecular complexity index is 7160. The lowest BCUT2D eigenvalue weighted by Gasteiger charge is -2.32. The van der Waals surface area contributed by atoms with Crippen molar-refractivity contribution in [3.05, 3.63) is 409 Å². The van der Waals surface area contributed by atoms with Crippen LogP contribution < -0.4 is 22.8 Å². The van der Waals surface area contributed by atoms with Crippen molar-refractivity contribution in [3.8, 4) is 28.4 Å². The molecule has 0 saturated heterocycles. The predicted molar refractivity (Wildman–Crippen MR) is 573 cm³/mol. The average Bonchev–Trinajstić information content (AvgIpc) is 1.53. The van der Waals surface area contributed by atoms with Crippen molar-refractivity contribution in [2.45, 2.75) is 314 Å². The molecule has 10 nitrogen and oxygen atoms in total. The molecule has 0 N–H and O–H groups in total. The van der Waals surface area contributed by atoms with Gasteiger partial charge in [0.25, 0.3) is 29.1 Å². The van der Waals surface area contributed by atoms with Gasteiger partial charge in [0.2, 0.25) is 0 Å². The molecule has 7 aliphatic carbocycles. The SMILES string of the molecule is Cc1ccccc1-n1c(C)c2[n+](c1C1CCCC1)C=CC2(c1ccccc1)C1CCCC1.Cc1ccccc1-n1c(C)c2[n+](c1C1CCCC1)C=CC2(c1ccccc1)c1ccccc1.[2H]C1(C)C=Cn2c1c(C)[n+](-c1ccccc1C)c2C1CCCC1.[2H]C1(C2CCCC2)C=Cn2c1c(C)[n+](-c1ccccc1C)c2C1CCCC1.[2H]C1(c2ccccc2)C=Cn2c1c(C)[n+](-c1ccccc1C)c2C1CCCC1. The topological polar surface area (TPSA) is 44.0 Å². The molecule has 7 saturated carbocycles. The lowest BCUT2D eigenvalue weighted by molar-refractivity contribution is -0.612. The number of benzene rings is 9. The van der Waals surface area contributed by atoms with Crippen LogP contribution in [0.5, 0.6) is 0 Å². The maximum Gasteiger partial charge on any atom is 0.269 e. The first-order valence-corrected chi connectivity index (χ1v) is 54.0. The van der Waals surface area contributed by atoms with Crippen LogP contribution in [0.2, 0.25) is 0 Å². The van der Waals surface area contributed by atoms with Crippen molar-refractivity contribution in [1.29, 1.82) is 0 Å². The van der Waals surface area contributed by atoms with Crippen LogP contribution in [-0.4, -0.2) is 22.8 Å². The van der Waals surface area contributed by atoms with Crippen molar-refractivity contribution in [2.75, 3.05) is 0 Å². The van der Waals surface area contributed by atoms with Crippen molar-refractivity contribution in [2.24, 2.45) is 11.8 Å². The fraction of sp³-hybridized carbons (Fsp3) is 0.392. The molecule has 10 heterocycles. The molecule has 4 atom stereocenters. The first-order valence-electron chi connectivity index (χ1n) is 55.5. The van der Waals surface area contributed by atoms with Crippen LogP contribution in [0.4, 0.5) is 0 Å². The molecule has 0 radical (unpaired) electrons. The average molecular weight is 1850 g/mol. The number of aryl methyl sites for hydroxylation is 5. The molecule has 4 unspecified atom stereocenters. The lowest BCUT2D eigenvalue weighted by atomic mass is 9.67. The maximum absolute atomic E-state index is 9.48. The minimum Gasteiger partial charge on any atom is -0.203 e. The summed E-state index contributed by atoms with van der Waals surface area (Å²) in [6.45, 7) is 24.4. The van der Waals surface area contributed by atoms with Gasteiger partial charge in [-0.2, -0.15) is 22.8 Å². The molecule has 12 aliphatic rings. The second-order valence-corrected chi connectivity index (χ2v) is 43.1. The number of hydrogen-bond donors (Lipinski definition) is 0. The van der Waals surface area contributed by atoms with Gasteiger partial charge >= 0.3 is 0 Å². The Balaban J connectivity index is 0.000000103. The van der Waals surface area contributed by atoms with Crippen LogP contribution in [0, 0.1) is 81.1 Å². The van der Waals surface area contributed by atoms with E-state index in [2.05, 4.69) is 395 Å². The number of rotatable bonds is 16. The molecular formula is C130H149N10+5. The van der Waals surface area contributed by atoms with E-state index in [1.165, 1.54) is 327 Å². The third-order valence-corrected chi connectivity index (χ3v) is 34.8. The van der Waals surface area contributed by atoms with E-state index in [9.17, 15) is 2.74 Å². The number of allylic oxidation sites excluding steroid dienone is 5. The van der Waals surface area contributed by atoms with Crippen LogP contribution in [-0.2, 0) is 10.8 Å². The summed E-state index contributed by atoms with van der Waals surface area (Å²) in [5, 5.41) is 0. The molecule has 26 rings (SSSR count). The van der Waals surface area contributed by atoms with Crippen molar-refractivity contribution >= 4 is 31.0 Å². The largest absolute Gasteiger partial charge is 0.269 e. The molecule has 0 amide bonds. The van der Waals surface area contributed by atoms with E-state index in [-0.39, 0.29) is 10.8 Å². The summed E-state index contributed by atoms with van der Waals surface area (Å²) in [5.74, 6) is 9.18. The van der Waals surface area contributed by atoms with E-state index in [4.69, 9.17) is 1.37 Å². The molecule has 714 valence electrons. The highest BCUT2D eigenvalue weighted by atomic mass is 15.2. The molecule has 140 heavy (non-hydrogen) atoms. The van der Waals surface area contributed by atoms with Gasteiger partial charge < -0.3 is 0 Å². The molecule has 0 bridgehead atoms. The first-order chi connectivity index (χ1) is 69.7. The fourth-order valence-electron chi connectivity index (χ4n) is 28.3. The Morgan fingerprint density at radius 3 is 1.07 bits per heavy atom. The highest BCUT2D eigenvalue weighted by molar-refractivity contribution is 5.61. The Hall–Kier alpha value is -12.3. The molecule has 5 aromatic heterocycles. The van der Waals surface area contributed by atoms with Gasteiger partial charge in [0.05, 0.1) is 71.9 Å². The second kappa shape index (κ2) is 39.7. The summed E-state index contributed by atoms with van der Waals surface area (Å²) in [7, 11) is 0. The Kier molecular flexibility index (Phi) is 25.2. The van der Waals surface area contributed by atoms with Crippen molar-refractivity contribution in [3.63, 3.8) is 0 Å². The summed E-state index contributed by atoms with van der Waals surface area (Å²) in [4.78, 5) is 0. The van der Waals surface area contributed by atoms with Gasteiger partial charge in [0.15, 0.2) is 39.9 Å². The Morgan fingerprint density at radius 1 is 0.300 bits per heavy atom. The molecule has 10 heteroatoms. The van der Waals surface area contributed by atoms with E-state index in [0.717, 1.165) is 17.0 Å². The van der Waals surface area contributed by atoms with Crippen molar-refractivity contribution < 1.29 is 26.9 Å². The summed E-state index contributed by atoms with van der Waals surface area (Å²) in [6, 6.07) is 87.4. The highest BCUT2D eigenvalue weighted by Gasteiger charge is 2.56. The molecule has 9 aromatic carbocycles. The Morgan fingerprint density at radius 2 is 0.629 bits per heavy atom. The number of fused-ring (bicyclic) bond motifs is 5. The molecule has 0 spiro atoms. The number of nitrogens with zero attached hydrogens (tertiary/aromatic N) is 10. The summed E-state index contributed by atoms with van der Waals surface area (Å²) < 4.78 is 52.4. The minimum absolute atomic E-state index is 0.0108. The fourth-order valence-corrected chi connectivity index (χ4v) is 28.3. The number of aromatic nitrogens is 10. The van der Waals surface area contributed by atoms with Gasteiger partial charge in [-0.1, -0.05) is 309 Å². The normalized spacial score (nSPS) is 22.4. The van der Waals surface area contributed by atoms with Crippen LogP contribution in [0.25, 0.3) is 59.4 Å². The van der Waals surface area contributed by atoms with Crippen LogP contribution in [0.15, 0.2) is 273 Å². The Labute approximate surface area is 838 Å².